The second-order valence-electron chi connectivity index (χ2n) is 4.96. The molecule has 0 unspecified atom stereocenters. The fourth-order valence-electron chi connectivity index (χ4n) is 2.21. The zero-order valence-electron chi connectivity index (χ0n) is 12.5. The van der Waals surface area contributed by atoms with Crippen LogP contribution < -0.4 is 5.32 Å². The van der Waals surface area contributed by atoms with Gasteiger partial charge < -0.3 is 5.32 Å². The molecule has 1 N–H and O–H groups in total. The average molecular weight is 344 g/mol. The molecule has 3 aromatic rings. The first kappa shape index (κ1) is 16.2. The molecule has 7 nitrogen and oxygen atoms in total. The molecule has 25 heavy (non-hydrogen) atoms. The average Bonchev–Trinajstić information content (AvgIpc) is 3.07. The molecule has 0 fully saturated rings. The van der Waals surface area contributed by atoms with Crippen LogP contribution >= 0.6 is 0 Å². The number of hydrogen-bond donors (Lipinski definition) is 1. The Balaban J connectivity index is 1.93. The monoisotopic (exact) mass is 344 g/mol. The molecule has 2 aromatic carbocycles. The fraction of sp³-hybridized carbons (Fsp3) is 0. The number of nitrogens with zero attached hydrogens (tertiary/aromatic N) is 3. The topological polar surface area (TPSA) is 90.1 Å². The SMILES string of the molecule is O=C(Nc1cc([N+](=O)[O-])c(F)cc1F)c1ccnn1-c1ccccc1. The van der Waals surface area contributed by atoms with Crippen molar-refractivity contribution in [2.24, 2.45) is 0 Å². The van der Waals surface area contributed by atoms with Gasteiger partial charge in [-0.2, -0.15) is 9.49 Å². The number of nitro benzene ring substituents is 1. The van der Waals surface area contributed by atoms with Crippen molar-refractivity contribution in [2.75, 3.05) is 5.32 Å². The van der Waals surface area contributed by atoms with E-state index in [1.165, 1.54) is 16.9 Å². The smallest absolute Gasteiger partial charge is 0.307 e. The Bertz CT molecular complexity index is 957. The summed E-state index contributed by atoms with van der Waals surface area (Å²) < 4.78 is 28.5. The van der Waals surface area contributed by atoms with Crippen LogP contribution in [0.2, 0.25) is 0 Å². The van der Waals surface area contributed by atoms with Crippen LogP contribution in [0, 0.1) is 21.7 Å². The first-order valence-electron chi connectivity index (χ1n) is 7.01. The van der Waals surface area contributed by atoms with Crippen LogP contribution in [0.4, 0.5) is 20.2 Å². The molecule has 0 aliphatic rings. The lowest BCUT2D eigenvalue weighted by atomic mass is 10.2. The number of rotatable bonds is 4. The van der Waals surface area contributed by atoms with Gasteiger partial charge in [-0.3, -0.25) is 14.9 Å². The Morgan fingerprint density at radius 3 is 2.52 bits per heavy atom. The molecule has 0 aliphatic carbocycles. The number of amides is 1. The summed E-state index contributed by atoms with van der Waals surface area (Å²) in [6, 6.07) is 11.1. The van der Waals surface area contributed by atoms with Crippen LogP contribution in [0.15, 0.2) is 54.7 Å². The maximum Gasteiger partial charge on any atom is 0.307 e. The molecule has 1 amide bonds. The quantitative estimate of drug-likeness (QED) is 0.581. The molecule has 9 heteroatoms. The summed E-state index contributed by atoms with van der Waals surface area (Å²) >= 11 is 0. The first-order valence-corrected chi connectivity index (χ1v) is 7.01. The molecule has 0 saturated heterocycles. The highest BCUT2D eigenvalue weighted by Gasteiger charge is 2.21. The summed E-state index contributed by atoms with van der Waals surface area (Å²) in [5.41, 5.74) is -0.757. The molecule has 0 spiro atoms. The van der Waals surface area contributed by atoms with Gasteiger partial charge in [0.05, 0.1) is 22.5 Å². The molecule has 126 valence electrons. The molecular weight excluding hydrogens is 334 g/mol. The summed E-state index contributed by atoms with van der Waals surface area (Å²) in [4.78, 5) is 22.1. The molecular formula is C16H10F2N4O3. The highest BCUT2D eigenvalue weighted by molar-refractivity contribution is 6.03. The second kappa shape index (κ2) is 6.48. The van der Waals surface area contributed by atoms with Gasteiger partial charge in [0.2, 0.25) is 5.82 Å². The van der Waals surface area contributed by atoms with Gasteiger partial charge in [-0.1, -0.05) is 18.2 Å². The number of benzene rings is 2. The van der Waals surface area contributed by atoms with Gasteiger partial charge in [-0.05, 0) is 18.2 Å². The van der Waals surface area contributed by atoms with Gasteiger partial charge in [-0.25, -0.2) is 9.07 Å². The largest absolute Gasteiger partial charge is 0.318 e. The Morgan fingerprint density at radius 2 is 1.84 bits per heavy atom. The van der Waals surface area contributed by atoms with E-state index < -0.39 is 33.8 Å². The van der Waals surface area contributed by atoms with Crippen molar-refractivity contribution >= 4 is 17.3 Å². The molecule has 0 radical (unpaired) electrons. The van der Waals surface area contributed by atoms with Gasteiger partial charge in [0.25, 0.3) is 5.91 Å². The van der Waals surface area contributed by atoms with Crippen molar-refractivity contribution in [3.05, 3.63) is 82.2 Å². The van der Waals surface area contributed by atoms with E-state index in [1.54, 1.807) is 30.3 Å². The maximum absolute atomic E-state index is 13.8. The van der Waals surface area contributed by atoms with Gasteiger partial charge in [0.1, 0.15) is 11.5 Å². The number of anilines is 1. The van der Waals surface area contributed by atoms with Crippen LogP contribution in [0.25, 0.3) is 5.69 Å². The first-order chi connectivity index (χ1) is 12.0. The summed E-state index contributed by atoms with van der Waals surface area (Å²) in [5.74, 6) is -3.20. The minimum atomic E-state index is -1.32. The molecule has 1 heterocycles. The molecule has 1 aromatic heterocycles. The van der Waals surface area contributed by atoms with Gasteiger partial charge >= 0.3 is 5.69 Å². The van der Waals surface area contributed by atoms with Crippen LogP contribution in [-0.4, -0.2) is 20.6 Å². The predicted octanol–water partition coefficient (Wildman–Crippen LogP) is 3.31. The Morgan fingerprint density at radius 1 is 1.12 bits per heavy atom. The van der Waals surface area contributed by atoms with E-state index >= 15 is 0 Å². The minimum absolute atomic E-state index is 0.0811. The second-order valence-corrected chi connectivity index (χ2v) is 4.96. The molecule has 0 atom stereocenters. The zero-order valence-corrected chi connectivity index (χ0v) is 12.5. The maximum atomic E-state index is 13.8. The third kappa shape index (κ3) is 3.20. The summed E-state index contributed by atoms with van der Waals surface area (Å²) in [7, 11) is 0. The zero-order chi connectivity index (χ0) is 18.0. The van der Waals surface area contributed by atoms with E-state index in [9.17, 15) is 23.7 Å². The number of carbonyl (C=O) groups excluding carboxylic acids is 1. The number of halogens is 2. The van der Waals surface area contributed by atoms with Crippen LogP contribution in [0.1, 0.15) is 10.5 Å². The molecule has 0 saturated carbocycles. The van der Waals surface area contributed by atoms with E-state index in [0.29, 0.717) is 17.8 Å². The number of para-hydroxylation sites is 1. The number of carbonyl (C=O) groups is 1. The number of aromatic nitrogens is 2. The summed E-state index contributed by atoms with van der Waals surface area (Å²) in [6.45, 7) is 0. The number of nitrogens with one attached hydrogen (secondary N) is 1. The van der Waals surface area contributed by atoms with E-state index in [-0.39, 0.29) is 5.69 Å². The van der Waals surface area contributed by atoms with Crippen molar-refractivity contribution < 1.29 is 18.5 Å². The lowest BCUT2D eigenvalue weighted by Gasteiger charge is -2.09. The Kier molecular flexibility index (Phi) is 4.21. The van der Waals surface area contributed by atoms with Gasteiger partial charge in [-0.15, -0.1) is 0 Å². The number of nitro groups is 1. The normalized spacial score (nSPS) is 10.5. The molecule has 3 rings (SSSR count). The highest BCUT2D eigenvalue weighted by atomic mass is 19.1. The van der Waals surface area contributed by atoms with Crippen molar-refractivity contribution in [2.45, 2.75) is 0 Å². The Labute approximate surface area is 139 Å². The third-order valence-electron chi connectivity index (χ3n) is 3.36. The van der Waals surface area contributed by atoms with E-state index in [4.69, 9.17) is 0 Å². The van der Waals surface area contributed by atoms with E-state index in [2.05, 4.69) is 10.4 Å². The molecule has 0 bridgehead atoms. The predicted molar refractivity (Wildman–Crippen MR) is 84.5 cm³/mol. The fourth-order valence-corrected chi connectivity index (χ4v) is 2.21. The summed E-state index contributed by atoms with van der Waals surface area (Å²) in [5, 5.41) is 17.0. The van der Waals surface area contributed by atoms with Crippen molar-refractivity contribution in [1.29, 1.82) is 0 Å². The number of hydrogen-bond acceptors (Lipinski definition) is 4. The van der Waals surface area contributed by atoms with Gasteiger partial charge in [0, 0.05) is 12.1 Å². The van der Waals surface area contributed by atoms with Crippen molar-refractivity contribution in [3.63, 3.8) is 0 Å². The molecule has 0 aliphatic heterocycles. The van der Waals surface area contributed by atoms with Gasteiger partial charge in [0.15, 0.2) is 0 Å². The lowest BCUT2D eigenvalue weighted by molar-refractivity contribution is -0.387. The van der Waals surface area contributed by atoms with Crippen LogP contribution in [0.5, 0.6) is 0 Å². The van der Waals surface area contributed by atoms with Crippen LogP contribution in [-0.2, 0) is 0 Å². The Hall–Kier alpha value is -3.62. The highest BCUT2D eigenvalue weighted by Crippen LogP contribution is 2.25. The lowest BCUT2D eigenvalue weighted by Crippen LogP contribution is -2.18. The van der Waals surface area contributed by atoms with Crippen molar-refractivity contribution in [3.8, 4) is 5.69 Å². The summed E-state index contributed by atoms with van der Waals surface area (Å²) in [6.07, 6.45) is 1.38. The van der Waals surface area contributed by atoms with Crippen molar-refractivity contribution in [1.82, 2.24) is 9.78 Å². The third-order valence-corrected chi connectivity index (χ3v) is 3.36. The van der Waals surface area contributed by atoms with E-state index in [0.717, 1.165) is 0 Å². The van der Waals surface area contributed by atoms with Crippen LogP contribution in [0.3, 0.4) is 0 Å². The minimum Gasteiger partial charge on any atom is -0.318 e. The standard InChI is InChI=1S/C16H10F2N4O3/c17-11-8-12(18)15(22(24)25)9-13(11)20-16(23)14-6-7-19-21(14)10-4-2-1-3-5-10/h1-9H,(H,20,23). The van der Waals surface area contributed by atoms with E-state index in [1.807, 2.05) is 0 Å².